The molecular formula is C8H4NOY-. The molecular weight excluding hydrogens is 215 g/mol. The molecule has 1 aromatic rings. The van der Waals surface area contributed by atoms with E-state index in [9.17, 15) is 4.79 Å². The number of carbonyl (C=O) groups excluding carboxylic acids is 1. The SMILES string of the molecule is N#Cc1ccccc1[C-]=O.[Y]. The smallest absolute Gasteiger partial charge is 0.0639 e. The molecule has 0 bridgehead atoms. The molecule has 0 atom stereocenters. The summed E-state index contributed by atoms with van der Waals surface area (Å²) in [5, 5.41) is 8.42. The third-order valence-corrected chi connectivity index (χ3v) is 1.16. The average molecular weight is 219 g/mol. The van der Waals surface area contributed by atoms with Crippen molar-refractivity contribution in [2.45, 2.75) is 0 Å². The number of nitrogens with zero attached hydrogens (tertiary/aromatic N) is 1. The van der Waals surface area contributed by atoms with Crippen molar-refractivity contribution in [1.82, 2.24) is 0 Å². The molecule has 0 fully saturated rings. The van der Waals surface area contributed by atoms with E-state index in [1.165, 1.54) is 0 Å². The second-order valence-electron chi connectivity index (χ2n) is 1.76. The fraction of sp³-hybridized carbons (Fsp3) is 0. The van der Waals surface area contributed by atoms with Crippen molar-refractivity contribution in [3.05, 3.63) is 35.4 Å². The molecule has 0 heterocycles. The fourth-order valence-corrected chi connectivity index (χ4v) is 0.670. The van der Waals surface area contributed by atoms with Crippen LogP contribution >= 0.6 is 0 Å². The van der Waals surface area contributed by atoms with Crippen molar-refractivity contribution >= 4 is 6.29 Å². The summed E-state index contributed by atoms with van der Waals surface area (Å²) in [4.78, 5) is 10.1. The van der Waals surface area contributed by atoms with Crippen molar-refractivity contribution in [3.63, 3.8) is 0 Å². The Labute approximate surface area is 90.1 Å². The molecule has 0 N–H and O–H groups in total. The van der Waals surface area contributed by atoms with Crippen LogP contribution in [0.1, 0.15) is 11.1 Å². The van der Waals surface area contributed by atoms with E-state index in [1.54, 1.807) is 30.6 Å². The van der Waals surface area contributed by atoms with Gasteiger partial charge in [-0.15, -0.1) is 17.7 Å². The summed E-state index contributed by atoms with van der Waals surface area (Å²) in [6.45, 7) is 0. The minimum Gasteiger partial charge on any atom is -0.376 e. The van der Waals surface area contributed by atoms with Crippen molar-refractivity contribution < 1.29 is 37.5 Å². The van der Waals surface area contributed by atoms with Crippen LogP contribution in [0.4, 0.5) is 0 Å². The predicted molar refractivity (Wildman–Crippen MR) is 36.0 cm³/mol. The van der Waals surface area contributed by atoms with Gasteiger partial charge in [0.2, 0.25) is 0 Å². The van der Waals surface area contributed by atoms with E-state index in [0.29, 0.717) is 11.1 Å². The molecule has 11 heavy (non-hydrogen) atoms. The van der Waals surface area contributed by atoms with Crippen LogP contribution in [0.3, 0.4) is 0 Å². The third-order valence-electron chi connectivity index (χ3n) is 1.16. The largest absolute Gasteiger partial charge is 0.376 e. The Balaban J connectivity index is 0.000001000. The Bertz CT molecular complexity index is 290. The summed E-state index contributed by atoms with van der Waals surface area (Å²) >= 11 is 0. The minimum absolute atomic E-state index is 0. The standard InChI is InChI=1S/C8H4NO.Y/c9-5-7-3-1-2-4-8(7)6-10;/h1-4H;/q-1;. The molecule has 0 saturated heterocycles. The first-order chi connectivity index (χ1) is 4.88. The summed E-state index contributed by atoms with van der Waals surface area (Å²) in [5.41, 5.74) is 0.697. The molecule has 1 aromatic carbocycles. The van der Waals surface area contributed by atoms with Gasteiger partial charge in [0.25, 0.3) is 0 Å². The van der Waals surface area contributed by atoms with E-state index < -0.39 is 0 Å². The Kier molecular flexibility index (Phi) is 4.93. The summed E-state index contributed by atoms with van der Waals surface area (Å²) < 4.78 is 0. The number of rotatable bonds is 1. The van der Waals surface area contributed by atoms with E-state index in [-0.39, 0.29) is 32.7 Å². The summed E-state index contributed by atoms with van der Waals surface area (Å²) in [6.07, 6.45) is 1.67. The first-order valence-electron chi connectivity index (χ1n) is 2.76. The Morgan fingerprint density at radius 2 is 2.00 bits per heavy atom. The monoisotopic (exact) mass is 219 g/mol. The predicted octanol–water partition coefficient (Wildman–Crippen LogP) is 1.01. The second-order valence-corrected chi connectivity index (χ2v) is 1.76. The van der Waals surface area contributed by atoms with Crippen LogP contribution in [0.2, 0.25) is 0 Å². The van der Waals surface area contributed by atoms with E-state index >= 15 is 0 Å². The maximum absolute atomic E-state index is 10.1. The van der Waals surface area contributed by atoms with Crippen molar-refractivity contribution in [1.29, 1.82) is 5.26 Å². The summed E-state index contributed by atoms with van der Waals surface area (Å²) in [6, 6.07) is 8.43. The van der Waals surface area contributed by atoms with Gasteiger partial charge >= 0.3 is 0 Å². The van der Waals surface area contributed by atoms with Crippen LogP contribution in [-0.2, 0) is 37.5 Å². The molecule has 3 heteroatoms. The van der Waals surface area contributed by atoms with Gasteiger partial charge in [0.1, 0.15) is 0 Å². The molecule has 0 aliphatic carbocycles. The van der Waals surface area contributed by atoms with Crippen molar-refractivity contribution in [3.8, 4) is 6.07 Å². The van der Waals surface area contributed by atoms with Gasteiger partial charge < -0.3 is 4.79 Å². The molecule has 51 valence electrons. The average Bonchev–Trinajstić information content (AvgIpc) is 2.04. The van der Waals surface area contributed by atoms with Gasteiger partial charge in [-0.2, -0.15) is 6.07 Å². The van der Waals surface area contributed by atoms with Crippen LogP contribution in [0, 0.1) is 11.3 Å². The maximum Gasteiger partial charge on any atom is 0.0639 e. The molecule has 0 aliphatic heterocycles. The molecule has 0 unspecified atom stereocenters. The van der Waals surface area contributed by atoms with Crippen molar-refractivity contribution in [2.24, 2.45) is 0 Å². The molecule has 0 spiro atoms. The van der Waals surface area contributed by atoms with E-state index in [1.807, 2.05) is 6.07 Å². The van der Waals surface area contributed by atoms with Gasteiger partial charge in [0, 0.05) is 38.8 Å². The van der Waals surface area contributed by atoms with Gasteiger partial charge in [-0.3, -0.25) is 0 Å². The Hall–Kier alpha value is -0.516. The summed E-state index contributed by atoms with van der Waals surface area (Å²) in [7, 11) is 0. The van der Waals surface area contributed by atoms with E-state index in [0.717, 1.165) is 0 Å². The van der Waals surface area contributed by atoms with E-state index in [4.69, 9.17) is 5.26 Å². The quantitative estimate of drug-likeness (QED) is 0.661. The second kappa shape index (κ2) is 5.18. The normalized spacial score (nSPS) is 7.55. The van der Waals surface area contributed by atoms with Crippen molar-refractivity contribution in [2.75, 3.05) is 0 Å². The zero-order valence-electron chi connectivity index (χ0n) is 5.74. The topological polar surface area (TPSA) is 40.9 Å². The summed E-state index contributed by atoms with van der Waals surface area (Å²) in [5.74, 6) is 0. The van der Waals surface area contributed by atoms with Crippen LogP contribution in [0.25, 0.3) is 0 Å². The molecule has 0 aromatic heterocycles. The zero-order valence-corrected chi connectivity index (χ0v) is 8.58. The number of nitriles is 1. The molecule has 1 rings (SSSR count). The molecule has 0 saturated carbocycles. The zero-order chi connectivity index (χ0) is 7.40. The van der Waals surface area contributed by atoms with Gasteiger partial charge in [-0.25, -0.2) is 5.26 Å². The first-order valence-corrected chi connectivity index (χ1v) is 2.76. The number of hydrogen-bond donors (Lipinski definition) is 0. The molecule has 0 amide bonds. The van der Waals surface area contributed by atoms with Crippen LogP contribution in [-0.4, -0.2) is 6.29 Å². The Morgan fingerprint density at radius 1 is 1.36 bits per heavy atom. The number of hydrogen-bond acceptors (Lipinski definition) is 2. The van der Waals surface area contributed by atoms with Gasteiger partial charge in [0.15, 0.2) is 0 Å². The minimum atomic E-state index is 0. The maximum atomic E-state index is 10.1. The van der Waals surface area contributed by atoms with E-state index in [2.05, 4.69) is 0 Å². The van der Waals surface area contributed by atoms with Gasteiger partial charge in [-0.1, -0.05) is 6.07 Å². The third kappa shape index (κ3) is 2.53. The van der Waals surface area contributed by atoms with Gasteiger partial charge in [0.05, 0.1) is 6.29 Å². The van der Waals surface area contributed by atoms with Gasteiger partial charge in [-0.05, 0) is 5.56 Å². The fourth-order valence-electron chi connectivity index (χ4n) is 0.670. The molecule has 1 radical (unpaired) electrons. The van der Waals surface area contributed by atoms with Crippen LogP contribution in [0.15, 0.2) is 24.3 Å². The Morgan fingerprint density at radius 3 is 2.45 bits per heavy atom. The first kappa shape index (κ1) is 10.5. The van der Waals surface area contributed by atoms with Crippen LogP contribution in [0.5, 0.6) is 0 Å². The van der Waals surface area contributed by atoms with Crippen LogP contribution < -0.4 is 0 Å². The molecule has 0 aliphatic rings. The molecule has 2 nitrogen and oxygen atoms in total. The number of benzene rings is 1.